The third-order valence-corrected chi connectivity index (χ3v) is 11.0. The molecule has 0 spiro atoms. The van der Waals surface area contributed by atoms with Crippen molar-refractivity contribution < 1.29 is 46.0 Å². The first kappa shape index (κ1) is 38.9. The van der Waals surface area contributed by atoms with Crippen molar-refractivity contribution in [2.45, 2.75) is 0 Å². The minimum Gasteiger partial charge on any atom is -0.505 e. The van der Waals surface area contributed by atoms with Crippen molar-refractivity contribution in [2.24, 2.45) is 0 Å². The molecule has 9 aromatic rings. The number of hydrogen-bond acceptors (Lipinski definition) is 11. The zero-order chi connectivity index (χ0) is 43.4. The maximum atomic E-state index is 11.2. The van der Waals surface area contributed by atoms with Crippen LogP contribution in [0.3, 0.4) is 0 Å². The van der Waals surface area contributed by atoms with E-state index in [1.165, 1.54) is 4.90 Å². The van der Waals surface area contributed by atoms with Gasteiger partial charge in [-0.05, 0) is 81.0 Å². The Kier molecular flexibility index (Phi) is 9.52. The van der Waals surface area contributed by atoms with Gasteiger partial charge in [-0.25, -0.2) is 0 Å². The predicted octanol–water partition coefficient (Wildman–Crippen LogP) is 10.4. The zero-order valence-corrected chi connectivity index (χ0v) is 32.5. The highest BCUT2D eigenvalue weighted by atomic mass is 16.4. The zero-order valence-electron chi connectivity index (χ0n) is 32.5. The summed E-state index contributed by atoms with van der Waals surface area (Å²) in [5, 5.41) is 99.5. The Morgan fingerprint density at radius 3 is 1.13 bits per heavy atom. The number of nitrogens with zero attached hydrogens (tertiary/aromatic N) is 2. The Bertz CT molecular complexity index is 2930. The lowest BCUT2D eigenvalue weighted by atomic mass is 9.89. The van der Waals surface area contributed by atoms with E-state index in [2.05, 4.69) is 0 Å². The quantitative estimate of drug-likeness (QED) is 0.0403. The topological polar surface area (TPSA) is 189 Å². The summed E-state index contributed by atoms with van der Waals surface area (Å²) < 4.78 is 0. The average Bonchev–Trinajstić information content (AvgIpc) is 3.31. The second kappa shape index (κ2) is 15.2. The van der Waals surface area contributed by atoms with E-state index in [1.54, 1.807) is 29.2 Å². The van der Waals surface area contributed by atoms with E-state index < -0.39 is 51.7 Å². The first-order chi connectivity index (χ1) is 29.9. The standard InChI is InChI=1S/C50H35BN2O9/c51-39-40(43(55)47(59)46(58)42(39)54)52(37-16-6-10-29-8-1-3-14-35(29)37)33-22-18-27(19-23-33)31-12-5-13-32(26-31)28-20-24-34(25-21-28)53(38-17-7-11-30-9-2-4-15-36(30)38)41-44(56)48(60)50(62)49(61)45(41)57/h1-26,54-62H. The van der Waals surface area contributed by atoms with Crippen LogP contribution in [0.25, 0.3) is 43.8 Å². The van der Waals surface area contributed by atoms with Crippen molar-refractivity contribution in [1.82, 2.24) is 0 Å². The molecule has 0 saturated heterocycles. The first-order valence-corrected chi connectivity index (χ1v) is 19.2. The summed E-state index contributed by atoms with van der Waals surface area (Å²) in [5.74, 6) is -8.09. The summed E-state index contributed by atoms with van der Waals surface area (Å²) in [6.07, 6.45) is 0. The summed E-state index contributed by atoms with van der Waals surface area (Å²) in [7, 11) is 6.33. The van der Waals surface area contributed by atoms with E-state index in [-0.39, 0.29) is 16.8 Å². The number of rotatable bonds is 8. The lowest BCUT2D eigenvalue weighted by Crippen LogP contribution is -2.20. The molecule has 0 heterocycles. The van der Waals surface area contributed by atoms with E-state index >= 15 is 0 Å². The van der Waals surface area contributed by atoms with Gasteiger partial charge in [0.2, 0.25) is 28.7 Å². The highest BCUT2D eigenvalue weighted by Gasteiger charge is 2.30. The van der Waals surface area contributed by atoms with Crippen molar-refractivity contribution in [3.05, 3.63) is 158 Å². The van der Waals surface area contributed by atoms with Gasteiger partial charge in [-0.15, -0.1) is 0 Å². The Balaban J connectivity index is 1.10. The van der Waals surface area contributed by atoms with Crippen LogP contribution in [0, 0.1) is 0 Å². The lowest BCUT2D eigenvalue weighted by Gasteiger charge is -2.30. The van der Waals surface area contributed by atoms with Crippen molar-refractivity contribution >= 4 is 69.0 Å². The Morgan fingerprint density at radius 1 is 0.306 bits per heavy atom. The Hall–Kier alpha value is -8.64. The van der Waals surface area contributed by atoms with Gasteiger partial charge >= 0.3 is 0 Å². The summed E-state index contributed by atoms with van der Waals surface area (Å²) >= 11 is 0. The summed E-state index contributed by atoms with van der Waals surface area (Å²) in [6.45, 7) is 0. The number of fused-ring (bicyclic) bond motifs is 2. The van der Waals surface area contributed by atoms with Crippen molar-refractivity contribution in [3.63, 3.8) is 0 Å². The van der Waals surface area contributed by atoms with Gasteiger partial charge in [0, 0.05) is 22.1 Å². The van der Waals surface area contributed by atoms with Crippen molar-refractivity contribution in [2.75, 3.05) is 9.80 Å². The summed E-state index contributed by atoms with van der Waals surface area (Å²) in [4.78, 5) is 3.10. The molecule has 9 N–H and O–H groups in total. The molecule has 0 aliphatic carbocycles. The molecule has 0 saturated carbocycles. The van der Waals surface area contributed by atoms with Gasteiger partial charge in [-0.3, -0.25) is 0 Å². The van der Waals surface area contributed by atoms with Crippen molar-refractivity contribution in [1.29, 1.82) is 0 Å². The number of hydrogen-bond donors (Lipinski definition) is 9. The number of benzene rings is 9. The van der Waals surface area contributed by atoms with Crippen LogP contribution in [-0.4, -0.2) is 53.8 Å². The van der Waals surface area contributed by atoms with Crippen LogP contribution in [-0.2, 0) is 0 Å². The Morgan fingerprint density at radius 2 is 0.661 bits per heavy atom. The van der Waals surface area contributed by atoms with Crippen LogP contribution in [0.4, 0.5) is 34.1 Å². The maximum absolute atomic E-state index is 11.2. The molecular weight excluding hydrogens is 783 g/mol. The Labute approximate surface area is 355 Å². The number of phenols is 9. The summed E-state index contributed by atoms with van der Waals surface area (Å²) in [6, 6.07) is 48.6. The fourth-order valence-electron chi connectivity index (χ4n) is 7.88. The largest absolute Gasteiger partial charge is 0.505 e. The van der Waals surface area contributed by atoms with Gasteiger partial charge in [0.05, 0.1) is 17.1 Å². The normalized spacial score (nSPS) is 11.2. The SMILES string of the molecule is [B]c1c(O)c(O)c(O)c(O)c1N(c1ccc(-c2cccc(-c3ccc(N(c4c(O)c(O)c(O)c(O)c4O)c4cccc5ccccc45)cc3)c2)cc1)c1cccc2ccccc12. The first-order valence-electron chi connectivity index (χ1n) is 19.2. The molecule has 11 nitrogen and oxygen atoms in total. The monoisotopic (exact) mass is 818 g/mol. The van der Waals surface area contributed by atoms with E-state index in [0.717, 1.165) is 43.8 Å². The minimum absolute atomic E-state index is 0.129. The van der Waals surface area contributed by atoms with E-state index in [4.69, 9.17) is 7.85 Å². The van der Waals surface area contributed by atoms with Crippen LogP contribution in [0.2, 0.25) is 0 Å². The van der Waals surface area contributed by atoms with Gasteiger partial charge < -0.3 is 55.8 Å². The molecule has 0 aliphatic rings. The molecule has 302 valence electrons. The molecule has 0 unspecified atom stereocenters. The summed E-state index contributed by atoms with van der Waals surface area (Å²) in [5.41, 5.74) is 4.60. The second-order valence-electron chi connectivity index (χ2n) is 14.6. The van der Waals surface area contributed by atoms with Crippen molar-refractivity contribution in [3.8, 4) is 74.0 Å². The number of phenolic OH excluding ortho intramolecular Hbond substituents is 9. The van der Waals surface area contributed by atoms with Gasteiger partial charge in [-0.2, -0.15) is 0 Å². The molecule has 0 amide bonds. The average molecular weight is 819 g/mol. The smallest absolute Gasteiger partial charge is 0.208 e. The fourth-order valence-corrected chi connectivity index (χ4v) is 7.88. The lowest BCUT2D eigenvalue weighted by molar-refractivity contribution is 0.329. The molecule has 2 radical (unpaired) electrons. The molecule has 0 aliphatic heterocycles. The minimum atomic E-state index is -1.06. The number of anilines is 6. The van der Waals surface area contributed by atoms with E-state index in [9.17, 15) is 46.0 Å². The van der Waals surface area contributed by atoms with Crippen LogP contribution in [0.5, 0.6) is 51.7 Å². The van der Waals surface area contributed by atoms with E-state index in [1.807, 2.05) is 133 Å². The molecular formula is C50H35BN2O9. The van der Waals surface area contributed by atoms with Crippen LogP contribution in [0.1, 0.15) is 0 Å². The van der Waals surface area contributed by atoms with Gasteiger partial charge in [-0.1, -0.05) is 115 Å². The molecule has 9 rings (SSSR count). The van der Waals surface area contributed by atoms with Crippen LogP contribution < -0.4 is 15.3 Å². The van der Waals surface area contributed by atoms with Crippen LogP contribution >= 0.6 is 0 Å². The second-order valence-corrected chi connectivity index (χ2v) is 14.6. The maximum Gasteiger partial charge on any atom is 0.208 e. The molecule has 0 aromatic heterocycles. The predicted molar refractivity (Wildman–Crippen MR) is 242 cm³/mol. The van der Waals surface area contributed by atoms with Gasteiger partial charge in [0.15, 0.2) is 23.0 Å². The third-order valence-electron chi connectivity index (χ3n) is 11.0. The van der Waals surface area contributed by atoms with Crippen LogP contribution in [0.15, 0.2) is 158 Å². The molecule has 0 atom stereocenters. The number of aromatic hydroxyl groups is 9. The van der Waals surface area contributed by atoms with Gasteiger partial charge in [0.25, 0.3) is 0 Å². The fraction of sp³-hybridized carbons (Fsp3) is 0. The highest BCUT2D eigenvalue weighted by molar-refractivity contribution is 6.39. The highest BCUT2D eigenvalue weighted by Crippen LogP contribution is 2.58. The molecule has 12 heteroatoms. The molecule has 0 bridgehead atoms. The third kappa shape index (κ3) is 6.34. The van der Waals surface area contributed by atoms with E-state index in [0.29, 0.717) is 22.7 Å². The molecule has 0 fully saturated rings. The molecule has 9 aromatic carbocycles. The van der Waals surface area contributed by atoms with Gasteiger partial charge in [0.1, 0.15) is 13.5 Å². The molecule has 62 heavy (non-hydrogen) atoms.